The van der Waals surface area contributed by atoms with Gasteiger partial charge >= 0.3 is 5.97 Å². The second-order valence-corrected chi connectivity index (χ2v) is 5.06. The van der Waals surface area contributed by atoms with Crippen molar-refractivity contribution >= 4 is 5.97 Å². The van der Waals surface area contributed by atoms with Gasteiger partial charge in [-0.25, -0.2) is 0 Å². The normalized spacial score (nSPS) is 35.7. The molecule has 0 spiro atoms. The van der Waals surface area contributed by atoms with Gasteiger partial charge in [-0.2, -0.15) is 0 Å². The third-order valence-corrected chi connectivity index (χ3v) is 4.03. The molecule has 2 fully saturated rings. The average molecular weight is 226 g/mol. The number of nitrogens with zero attached hydrogens (tertiary/aromatic N) is 1. The van der Waals surface area contributed by atoms with Crippen LogP contribution in [0.15, 0.2) is 0 Å². The third-order valence-electron chi connectivity index (χ3n) is 4.03. The maximum absolute atomic E-state index is 10.8. The molecule has 92 valence electrons. The first kappa shape index (κ1) is 11.9. The van der Waals surface area contributed by atoms with Gasteiger partial charge in [-0.3, -0.25) is 4.79 Å². The predicted octanol–water partition coefficient (Wildman–Crippen LogP) is 0.923. The topological polar surface area (TPSA) is 52.6 Å². The van der Waals surface area contributed by atoms with Crippen molar-refractivity contribution in [3.8, 4) is 0 Å². The summed E-state index contributed by atoms with van der Waals surface area (Å²) in [6, 6.07) is 0.394. The zero-order valence-corrected chi connectivity index (χ0v) is 9.98. The summed E-state index contributed by atoms with van der Waals surface area (Å²) in [6.07, 6.45) is 4.58. The van der Waals surface area contributed by atoms with E-state index in [1.165, 1.54) is 25.8 Å². The van der Waals surface area contributed by atoms with Crippen LogP contribution in [0, 0.1) is 5.92 Å². The number of nitrogens with one attached hydrogen (secondary N) is 1. The molecule has 0 aliphatic carbocycles. The van der Waals surface area contributed by atoms with Crippen LogP contribution in [0.25, 0.3) is 0 Å². The van der Waals surface area contributed by atoms with Crippen LogP contribution in [-0.2, 0) is 4.79 Å². The van der Waals surface area contributed by atoms with Gasteiger partial charge in [0.15, 0.2) is 0 Å². The molecular weight excluding hydrogens is 204 g/mol. The van der Waals surface area contributed by atoms with Gasteiger partial charge in [-0.15, -0.1) is 0 Å². The Balaban J connectivity index is 1.80. The number of hydrogen-bond donors (Lipinski definition) is 2. The molecule has 2 saturated heterocycles. The van der Waals surface area contributed by atoms with Crippen LogP contribution >= 0.6 is 0 Å². The Hall–Kier alpha value is -0.610. The van der Waals surface area contributed by atoms with E-state index in [1.54, 1.807) is 0 Å². The molecule has 0 bridgehead atoms. The van der Waals surface area contributed by atoms with Crippen molar-refractivity contribution in [1.29, 1.82) is 0 Å². The minimum Gasteiger partial charge on any atom is -0.480 e. The second kappa shape index (κ2) is 5.15. The van der Waals surface area contributed by atoms with E-state index in [1.807, 2.05) is 0 Å². The maximum atomic E-state index is 10.8. The molecule has 0 saturated carbocycles. The zero-order chi connectivity index (χ0) is 11.5. The van der Waals surface area contributed by atoms with E-state index < -0.39 is 5.97 Å². The zero-order valence-electron chi connectivity index (χ0n) is 9.98. The molecule has 4 heteroatoms. The fourth-order valence-corrected chi connectivity index (χ4v) is 3.14. The van der Waals surface area contributed by atoms with Crippen molar-refractivity contribution in [3.05, 3.63) is 0 Å². The first-order chi connectivity index (χ1) is 7.70. The summed E-state index contributed by atoms with van der Waals surface area (Å²) >= 11 is 0. The van der Waals surface area contributed by atoms with Crippen molar-refractivity contribution in [1.82, 2.24) is 10.2 Å². The number of carboxylic acids is 1. The van der Waals surface area contributed by atoms with E-state index in [4.69, 9.17) is 5.11 Å². The van der Waals surface area contributed by atoms with Gasteiger partial charge < -0.3 is 15.3 Å². The number of carbonyl (C=O) groups is 1. The van der Waals surface area contributed by atoms with Gasteiger partial charge in [0.05, 0.1) is 0 Å². The molecule has 3 atom stereocenters. The van der Waals surface area contributed by atoms with Crippen LogP contribution in [0.4, 0.5) is 0 Å². The van der Waals surface area contributed by atoms with Crippen LogP contribution in [0.1, 0.15) is 32.6 Å². The monoisotopic (exact) mass is 226 g/mol. The molecule has 0 aromatic rings. The first-order valence-electron chi connectivity index (χ1n) is 6.41. The molecule has 0 radical (unpaired) electrons. The van der Waals surface area contributed by atoms with E-state index in [0.29, 0.717) is 12.0 Å². The SMILES string of the molecule is CCN1CCCC1CC1CNC(C(=O)O)C1. The summed E-state index contributed by atoms with van der Waals surface area (Å²) in [5.41, 5.74) is 0. The lowest BCUT2D eigenvalue weighted by molar-refractivity contribution is -0.139. The molecule has 16 heavy (non-hydrogen) atoms. The number of rotatable bonds is 4. The smallest absolute Gasteiger partial charge is 0.320 e. The number of likely N-dealkylation sites (tertiary alicyclic amines) is 1. The van der Waals surface area contributed by atoms with Crippen LogP contribution in [0.5, 0.6) is 0 Å². The van der Waals surface area contributed by atoms with Gasteiger partial charge in [-0.1, -0.05) is 6.92 Å². The van der Waals surface area contributed by atoms with E-state index in [-0.39, 0.29) is 6.04 Å². The molecule has 2 aliphatic heterocycles. The Kier molecular flexibility index (Phi) is 3.82. The summed E-state index contributed by atoms with van der Waals surface area (Å²) in [4.78, 5) is 13.4. The number of hydrogen-bond acceptors (Lipinski definition) is 3. The summed E-state index contributed by atoms with van der Waals surface area (Å²) in [7, 11) is 0. The molecule has 2 rings (SSSR count). The highest BCUT2D eigenvalue weighted by atomic mass is 16.4. The second-order valence-electron chi connectivity index (χ2n) is 5.06. The fraction of sp³-hybridized carbons (Fsp3) is 0.917. The standard InChI is InChI=1S/C12H22N2O2/c1-2-14-5-3-4-10(14)6-9-7-11(12(15)16)13-8-9/h9-11,13H,2-8H2,1H3,(H,15,16). The quantitative estimate of drug-likeness (QED) is 0.748. The van der Waals surface area contributed by atoms with Crippen LogP contribution < -0.4 is 5.32 Å². The Bertz CT molecular complexity index is 257. The molecule has 2 N–H and O–H groups in total. The molecule has 2 heterocycles. The predicted molar refractivity (Wildman–Crippen MR) is 62.4 cm³/mol. The highest BCUT2D eigenvalue weighted by Gasteiger charge is 2.33. The molecule has 0 amide bonds. The summed E-state index contributed by atoms with van der Waals surface area (Å²) in [5.74, 6) is -0.139. The van der Waals surface area contributed by atoms with Gasteiger partial charge in [0.1, 0.15) is 6.04 Å². The van der Waals surface area contributed by atoms with Crippen LogP contribution in [0.3, 0.4) is 0 Å². The van der Waals surface area contributed by atoms with Gasteiger partial charge in [0.2, 0.25) is 0 Å². The van der Waals surface area contributed by atoms with E-state index >= 15 is 0 Å². The summed E-state index contributed by atoms with van der Waals surface area (Å²) < 4.78 is 0. The van der Waals surface area contributed by atoms with Crippen molar-refractivity contribution < 1.29 is 9.90 Å². The molecular formula is C12H22N2O2. The maximum Gasteiger partial charge on any atom is 0.320 e. The Morgan fingerprint density at radius 3 is 3.00 bits per heavy atom. The molecule has 3 unspecified atom stereocenters. The van der Waals surface area contributed by atoms with E-state index in [9.17, 15) is 4.79 Å². The van der Waals surface area contributed by atoms with Crippen molar-refractivity contribution in [2.75, 3.05) is 19.6 Å². The summed E-state index contributed by atoms with van der Waals surface area (Å²) in [5, 5.41) is 12.0. The van der Waals surface area contributed by atoms with Gasteiger partial charge in [0.25, 0.3) is 0 Å². The molecule has 4 nitrogen and oxygen atoms in total. The van der Waals surface area contributed by atoms with Crippen molar-refractivity contribution in [2.24, 2.45) is 5.92 Å². The van der Waals surface area contributed by atoms with Crippen molar-refractivity contribution in [3.63, 3.8) is 0 Å². The Morgan fingerprint density at radius 1 is 1.56 bits per heavy atom. The number of aliphatic carboxylic acids is 1. The third kappa shape index (κ3) is 2.55. The lowest BCUT2D eigenvalue weighted by Crippen LogP contribution is -2.31. The Morgan fingerprint density at radius 2 is 2.38 bits per heavy atom. The highest BCUT2D eigenvalue weighted by molar-refractivity contribution is 5.73. The first-order valence-corrected chi connectivity index (χ1v) is 6.41. The fourth-order valence-electron chi connectivity index (χ4n) is 3.14. The number of carboxylic acid groups (broad SMARTS) is 1. The van der Waals surface area contributed by atoms with Crippen LogP contribution in [0.2, 0.25) is 0 Å². The van der Waals surface area contributed by atoms with Crippen LogP contribution in [-0.4, -0.2) is 47.7 Å². The molecule has 0 aromatic heterocycles. The average Bonchev–Trinajstić information content (AvgIpc) is 2.87. The largest absolute Gasteiger partial charge is 0.480 e. The molecule has 2 aliphatic rings. The summed E-state index contributed by atoms with van der Waals surface area (Å²) in [6.45, 7) is 5.45. The Labute approximate surface area is 97.0 Å². The minimum atomic E-state index is -0.693. The lowest BCUT2D eigenvalue weighted by Gasteiger charge is -2.25. The van der Waals surface area contributed by atoms with Gasteiger partial charge in [0, 0.05) is 6.04 Å². The van der Waals surface area contributed by atoms with E-state index in [2.05, 4.69) is 17.1 Å². The van der Waals surface area contributed by atoms with Crippen molar-refractivity contribution in [2.45, 2.75) is 44.7 Å². The highest BCUT2D eigenvalue weighted by Crippen LogP contribution is 2.27. The minimum absolute atomic E-state index is 0.304. The lowest BCUT2D eigenvalue weighted by atomic mass is 9.95. The molecule has 0 aromatic carbocycles. The van der Waals surface area contributed by atoms with E-state index in [0.717, 1.165) is 19.5 Å². The van der Waals surface area contributed by atoms with Gasteiger partial charge in [-0.05, 0) is 51.2 Å².